The van der Waals surface area contributed by atoms with Crippen LogP contribution in [-0.2, 0) is 9.53 Å². The van der Waals surface area contributed by atoms with Gasteiger partial charge in [-0.1, -0.05) is 61.3 Å². The van der Waals surface area contributed by atoms with Crippen LogP contribution in [0.2, 0.25) is 0 Å². The predicted molar refractivity (Wildman–Crippen MR) is 119 cm³/mol. The predicted octanol–water partition coefficient (Wildman–Crippen LogP) is 6.72. The largest absolute Gasteiger partial charge is 0.497 e. The summed E-state index contributed by atoms with van der Waals surface area (Å²) >= 11 is 11.6. The van der Waals surface area contributed by atoms with E-state index < -0.39 is 6.10 Å². The Bertz CT molecular complexity index is 1010. The van der Waals surface area contributed by atoms with Crippen LogP contribution in [0.3, 0.4) is 0 Å². The first-order valence-corrected chi connectivity index (χ1v) is 10.7. The molecule has 3 rings (SSSR count). The van der Waals surface area contributed by atoms with Crippen molar-refractivity contribution in [3.8, 4) is 11.8 Å². The van der Waals surface area contributed by atoms with Gasteiger partial charge in [0.25, 0.3) is 0 Å². The molecule has 0 radical (unpaired) electrons. The zero-order valence-corrected chi connectivity index (χ0v) is 18.8. The van der Waals surface area contributed by atoms with Gasteiger partial charge in [0.2, 0.25) is 6.10 Å². The smallest absolute Gasteiger partial charge is 0.307 e. The van der Waals surface area contributed by atoms with E-state index in [1.807, 2.05) is 42.5 Å². The fourth-order valence-electron chi connectivity index (χ4n) is 4.16. The molecule has 6 heteroatoms. The molecule has 3 atom stereocenters. The minimum Gasteiger partial charge on any atom is -0.497 e. The van der Waals surface area contributed by atoms with E-state index in [0.717, 1.165) is 22.9 Å². The highest BCUT2D eigenvalue weighted by Gasteiger charge is 2.55. The van der Waals surface area contributed by atoms with Gasteiger partial charge in [0.1, 0.15) is 16.3 Å². The monoisotopic (exact) mass is 445 g/mol. The standard InChI is InChI=1S/C24H25Cl2NO3/c1-24(2)19(20(24)13-22(25)26)5-4-6-23(28)30-21(14-27)17-8-7-16-12-18(29-3)10-9-15(16)11-17/h7-13,19-21H,4-6H2,1-3H3/t19?,20?,21-/m1/s1. The number of methoxy groups -OCH3 is 1. The Balaban J connectivity index is 1.56. The lowest BCUT2D eigenvalue weighted by atomic mass is 10.0. The highest BCUT2D eigenvalue weighted by atomic mass is 35.5. The first-order chi connectivity index (χ1) is 14.3. The van der Waals surface area contributed by atoms with Gasteiger partial charge < -0.3 is 9.47 Å². The van der Waals surface area contributed by atoms with Crippen LogP contribution < -0.4 is 4.74 Å². The molecule has 1 fully saturated rings. The van der Waals surface area contributed by atoms with Crippen LogP contribution >= 0.6 is 23.2 Å². The highest BCUT2D eigenvalue weighted by molar-refractivity contribution is 6.55. The molecular formula is C24H25Cl2NO3. The van der Waals surface area contributed by atoms with Gasteiger partial charge in [-0.3, -0.25) is 4.79 Å². The zero-order chi connectivity index (χ0) is 21.9. The van der Waals surface area contributed by atoms with Crippen molar-refractivity contribution in [1.29, 1.82) is 5.26 Å². The number of hydrogen-bond acceptors (Lipinski definition) is 4. The Hall–Kier alpha value is -2.22. The fourth-order valence-corrected chi connectivity index (χ4v) is 4.43. The average molecular weight is 446 g/mol. The molecule has 1 saturated carbocycles. The summed E-state index contributed by atoms with van der Waals surface area (Å²) in [5.41, 5.74) is 0.802. The number of benzene rings is 2. The molecule has 0 N–H and O–H groups in total. The van der Waals surface area contributed by atoms with Crippen molar-refractivity contribution in [3.63, 3.8) is 0 Å². The molecule has 0 spiro atoms. The minimum atomic E-state index is -0.924. The van der Waals surface area contributed by atoms with Gasteiger partial charge in [0, 0.05) is 12.0 Å². The summed E-state index contributed by atoms with van der Waals surface area (Å²) in [4.78, 5) is 12.3. The number of ether oxygens (including phenoxy) is 2. The van der Waals surface area contributed by atoms with Gasteiger partial charge in [-0.15, -0.1) is 0 Å². The third-order valence-electron chi connectivity index (χ3n) is 6.08. The lowest BCUT2D eigenvalue weighted by Gasteiger charge is -2.12. The van der Waals surface area contributed by atoms with Gasteiger partial charge in [-0.2, -0.15) is 5.26 Å². The number of nitrogens with zero attached hydrogens (tertiary/aromatic N) is 1. The third-order valence-corrected chi connectivity index (χ3v) is 6.33. The number of esters is 1. The Labute approximate surface area is 187 Å². The number of allylic oxidation sites excluding steroid dienone is 1. The van der Waals surface area contributed by atoms with Crippen molar-refractivity contribution >= 4 is 39.9 Å². The second-order valence-corrected chi connectivity index (χ2v) is 9.28. The highest BCUT2D eigenvalue weighted by Crippen LogP contribution is 2.61. The van der Waals surface area contributed by atoms with Crippen LogP contribution in [0.4, 0.5) is 0 Å². The van der Waals surface area contributed by atoms with Gasteiger partial charge in [0.15, 0.2) is 0 Å². The molecule has 1 aliphatic rings. The fraction of sp³-hybridized carbons (Fsp3) is 0.417. The van der Waals surface area contributed by atoms with Crippen molar-refractivity contribution < 1.29 is 14.3 Å². The van der Waals surface area contributed by atoms with Crippen LogP contribution in [-0.4, -0.2) is 13.1 Å². The van der Waals surface area contributed by atoms with Gasteiger partial charge >= 0.3 is 5.97 Å². The minimum absolute atomic E-state index is 0.141. The van der Waals surface area contributed by atoms with Gasteiger partial charge in [-0.25, -0.2) is 0 Å². The molecule has 4 nitrogen and oxygen atoms in total. The molecule has 0 amide bonds. The number of rotatable bonds is 8. The van der Waals surface area contributed by atoms with E-state index in [4.69, 9.17) is 32.7 Å². The average Bonchev–Trinajstić information content (AvgIpc) is 3.22. The summed E-state index contributed by atoms with van der Waals surface area (Å²) in [6.45, 7) is 4.35. The molecular weight excluding hydrogens is 421 g/mol. The molecule has 1 aliphatic carbocycles. The summed E-state index contributed by atoms with van der Waals surface area (Å²) in [6, 6.07) is 13.4. The van der Waals surface area contributed by atoms with E-state index in [-0.39, 0.29) is 17.8 Å². The van der Waals surface area contributed by atoms with Crippen LogP contribution in [0.15, 0.2) is 47.0 Å². The summed E-state index contributed by atoms with van der Waals surface area (Å²) in [6.07, 6.45) is 2.83. The summed E-state index contributed by atoms with van der Waals surface area (Å²) in [7, 11) is 1.62. The second kappa shape index (κ2) is 9.29. The lowest BCUT2D eigenvalue weighted by Crippen LogP contribution is -2.10. The molecule has 0 heterocycles. The summed E-state index contributed by atoms with van der Waals surface area (Å²) in [5.74, 6) is 1.18. The number of nitriles is 1. The van der Waals surface area contributed by atoms with E-state index in [1.54, 1.807) is 7.11 Å². The van der Waals surface area contributed by atoms with E-state index in [0.29, 0.717) is 28.3 Å². The maximum absolute atomic E-state index is 12.3. The Morgan fingerprint density at radius 2 is 1.93 bits per heavy atom. The Morgan fingerprint density at radius 3 is 2.60 bits per heavy atom. The molecule has 2 unspecified atom stereocenters. The zero-order valence-electron chi connectivity index (χ0n) is 17.3. The number of carbonyl (C=O) groups excluding carboxylic acids is 1. The quantitative estimate of drug-likeness (QED) is 0.423. The van der Waals surface area contributed by atoms with E-state index >= 15 is 0 Å². The normalized spacial score (nSPS) is 20.1. The topological polar surface area (TPSA) is 59.3 Å². The van der Waals surface area contributed by atoms with E-state index in [2.05, 4.69) is 19.9 Å². The van der Waals surface area contributed by atoms with E-state index in [1.165, 1.54) is 0 Å². The van der Waals surface area contributed by atoms with Crippen LogP contribution in [0.1, 0.15) is 44.8 Å². The Morgan fingerprint density at radius 1 is 1.23 bits per heavy atom. The molecule has 0 saturated heterocycles. The molecule has 30 heavy (non-hydrogen) atoms. The third kappa shape index (κ3) is 5.09. The van der Waals surface area contributed by atoms with Crippen molar-refractivity contribution in [2.75, 3.05) is 7.11 Å². The number of fused-ring (bicyclic) bond motifs is 1. The second-order valence-electron chi connectivity index (χ2n) is 8.27. The number of carbonyl (C=O) groups is 1. The van der Waals surface area contributed by atoms with Crippen LogP contribution in [0, 0.1) is 28.6 Å². The molecule has 0 aliphatic heterocycles. The molecule has 2 aromatic rings. The van der Waals surface area contributed by atoms with Crippen LogP contribution in [0.5, 0.6) is 5.75 Å². The molecule has 2 aromatic carbocycles. The maximum atomic E-state index is 12.3. The van der Waals surface area contributed by atoms with Crippen molar-refractivity contribution in [2.24, 2.45) is 17.3 Å². The maximum Gasteiger partial charge on any atom is 0.307 e. The molecule has 0 bridgehead atoms. The van der Waals surface area contributed by atoms with Crippen LogP contribution in [0.25, 0.3) is 10.8 Å². The van der Waals surface area contributed by atoms with E-state index in [9.17, 15) is 10.1 Å². The summed E-state index contributed by atoms with van der Waals surface area (Å²) < 4.78 is 11.0. The molecule has 158 valence electrons. The number of halogens is 2. The van der Waals surface area contributed by atoms with Gasteiger partial charge in [-0.05, 0) is 59.1 Å². The lowest BCUT2D eigenvalue weighted by molar-refractivity contribution is -0.147. The van der Waals surface area contributed by atoms with Crippen molar-refractivity contribution in [3.05, 3.63) is 52.5 Å². The first kappa shape index (κ1) is 22.5. The number of hydrogen-bond donors (Lipinski definition) is 0. The first-order valence-electron chi connectivity index (χ1n) is 9.96. The SMILES string of the molecule is COc1ccc2cc([C@@H](C#N)OC(=O)CCCC3C(C=C(Cl)Cl)C3(C)C)ccc2c1. The molecule has 0 aromatic heterocycles. The van der Waals surface area contributed by atoms with Gasteiger partial charge in [0.05, 0.1) is 7.11 Å². The van der Waals surface area contributed by atoms with Crippen molar-refractivity contribution in [1.82, 2.24) is 0 Å². The van der Waals surface area contributed by atoms with Crippen molar-refractivity contribution in [2.45, 2.75) is 39.2 Å². The Kier molecular flexibility index (Phi) is 6.95. The summed E-state index contributed by atoms with van der Waals surface area (Å²) in [5, 5.41) is 11.5.